The fourth-order valence-corrected chi connectivity index (χ4v) is 0.489. The number of hydrogen-bond acceptors (Lipinski definition) is 2. The number of nitrogens with zero attached hydrogens (tertiary/aromatic N) is 1. The van der Waals surface area contributed by atoms with Crippen molar-refractivity contribution in [2.75, 3.05) is 0 Å². The third-order valence-corrected chi connectivity index (χ3v) is 0.884. The lowest BCUT2D eigenvalue weighted by molar-refractivity contribution is 0.0690. The number of aromatic carboxylic acids is 1. The highest BCUT2D eigenvalue weighted by Gasteiger charge is 1.98. The van der Waals surface area contributed by atoms with E-state index in [1.54, 1.807) is 12.1 Å². The Morgan fingerprint density at radius 1 is 1.50 bits per heavy atom. The van der Waals surface area contributed by atoms with E-state index in [-0.39, 0.29) is 28.7 Å². The van der Waals surface area contributed by atoms with Gasteiger partial charge in [-0.15, -0.1) is 0 Å². The van der Waals surface area contributed by atoms with Crippen molar-refractivity contribution in [1.29, 1.82) is 0 Å². The first-order valence-corrected chi connectivity index (χ1v) is 2.45. The number of rotatable bonds is 1. The summed E-state index contributed by atoms with van der Waals surface area (Å²) in [7, 11) is 0. The van der Waals surface area contributed by atoms with Gasteiger partial charge in [-0.2, -0.15) is 0 Å². The van der Waals surface area contributed by atoms with Crippen molar-refractivity contribution in [3.63, 3.8) is 0 Å². The summed E-state index contributed by atoms with van der Waals surface area (Å²) in [6.07, 6.45) is 1.45. The van der Waals surface area contributed by atoms with Crippen LogP contribution in [0.3, 0.4) is 0 Å². The van der Waals surface area contributed by atoms with E-state index in [0.717, 1.165) is 0 Å². The van der Waals surface area contributed by atoms with Gasteiger partial charge < -0.3 is 5.11 Å². The highest BCUT2D eigenvalue weighted by molar-refractivity contribution is 5.85. The lowest BCUT2D eigenvalue weighted by Crippen LogP contribution is -1.97. The first-order chi connectivity index (χ1) is 4.30. The summed E-state index contributed by atoms with van der Waals surface area (Å²) in [6, 6.07) is 4.76. The van der Waals surface area contributed by atoms with Gasteiger partial charge in [0.05, 0.1) is 0 Å². The first-order valence-electron chi connectivity index (χ1n) is 2.45. The van der Waals surface area contributed by atoms with E-state index in [4.69, 9.17) is 5.11 Å². The zero-order valence-electron chi connectivity index (χ0n) is 4.61. The molecule has 0 aliphatic rings. The minimum Gasteiger partial charge on any atom is -0.477 e. The third-order valence-electron chi connectivity index (χ3n) is 0.884. The number of aromatic nitrogens is 1. The summed E-state index contributed by atoms with van der Waals surface area (Å²) in [6.45, 7) is 0. The van der Waals surface area contributed by atoms with Gasteiger partial charge in [-0.05, 0) is 12.1 Å². The molecule has 4 heteroatoms. The second-order valence-electron chi connectivity index (χ2n) is 1.52. The Labute approximate surface area is 74.2 Å². The van der Waals surface area contributed by atoms with Crippen LogP contribution in [-0.2, 0) is 0 Å². The van der Waals surface area contributed by atoms with Crippen LogP contribution in [-0.4, -0.2) is 39.1 Å². The quantitative estimate of drug-likeness (QED) is 0.566. The molecular formula is C6H7MgNO2. The Morgan fingerprint density at radius 3 is 2.50 bits per heavy atom. The maximum Gasteiger partial charge on any atom is 0.354 e. The number of carboxylic acid groups (broad SMARTS) is 1. The zero-order chi connectivity index (χ0) is 6.69. The van der Waals surface area contributed by atoms with Gasteiger partial charge in [0, 0.05) is 6.20 Å². The van der Waals surface area contributed by atoms with E-state index in [2.05, 4.69) is 4.98 Å². The maximum absolute atomic E-state index is 10.1. The molecule has 0 amide bonds. The molecule has 1 aromatic rings. The van der Waals surface area contributed by atoms with E-state index in [1.165, 1.54) is 12.3 Å². The standard InChI is InChI=1S/C6H5NO2.Mg.2H/c8-6(9)5-3-1-2-4-7-5;;;/h1-4H,(H,8,9);;;. The average Bonchev–Trinajstić information content (AvgIpc) is 1.90. The number of hydrogen-bond donors (Lipinski definition) is 1. The monoisotopic (exact) mass is 149 g/mol. The Hall–Kier alpha value is -0.614. The summed E-state index contributed by atoms with van der Waals surface area (Å²) in [5, 5.41) is 8.32. The second kappa shape index (κ2) is 4.24. The van der Waals surface area contributed by atoms with E-state index in [0.29, 0.717) is 0 Å². The molecule has 0 aliphatic heterocycles. The van der Waals surface area contributed by atoms with Crippen LogP contribution in [0.4, 0.5) is 0 Å². The Balaban J connectivity index is 0.000000810. The van der Waals surface area contributed by atoms with E-state index in [9.17, 15) is 4.79 Å². The molecule has 1 aromatic heterocycles. The van der Waals surface area contributed by atoms with Crippen LogP contribution in [0.25, 0.3) is 0 Å². The van der Waals surface area contributed by atoms with Gasteiger partial charge in [-0.3, -0.25) is 0 Å². The molecule has 0 aromatic carbocycles. The first kappa shape index (κ1) is 9.39. The Morgan fingerprint density at radius 2 is 2.20 bits per heavy atom. The van der Waals surface area contributed by atoms with Gasteiger partial charge in [0.15, 0.2) is 0 Å². The van der Waals surface area contributed by atoms with Crippen LogP contribution in [0.2, 0.25) is 0 Å². The van der Waals surface area contributed by atoms with Crippen molar-refractivity contribution in [3.05, 3.63) is 30.1 Å². The lowest BCUT2D eigenvalue weighted by atomic mass is 10.4. The molecule has 1 rings (SSSR count). The average molecular weight is 149 g/mol. The molecule has 3 nitrogen and oxygen atoms in total. The fraction of sp³-hybridized carbons (Fsp3) is 0. The molecule has 0 atom stereocenters. The summed E-state index contributed by atoms with van der Waals surface area (Å²) >= 11 is 0. The molecule has 10 heavy (non-hydrogen) atoms. The van der Waals surface area contributed by atoms with Crippen molar-refractivity contribution in [3.8, 4) is 0 Å². The molecule has 1 N–H and O–H groups in total. The number of carboxylic acids is 1. The molecular weight excluding hydrogens is 142 g/mol. The van der Waals surface area contributed by atoms with E-state index < -0.39 is 5.97 Å². The van der Waals surface area contributed by atoms with Crippen molar-refractivity contribution >= 4 is 29.0 Å². The molecule has 0 bridgehead atoms. The van der Waals surface area contributed by atoms with Gasteiger partial charge in [-0.25, -0.2) is 9.78 Å². The molecule has 0 saturated carbocycles. The number of pyridine rings is 1. The van der Waals surface area contributed by atoms with Crippen molar-refractivity contribution in [2.45, 2.75) is 0 Å². The minimum absolute atomic E-state index is 0. The Bertz CT molecular complexity index is 212. The van der Waals surface area contributed by atoms with E-state index >= 15 is 0 Å². The Kier molecular flexibility index (Phi) is 3.98. The predicted octanol–water partition coefficient (Wildman–Crippen LogP) is -0.136. The third kappa shape index (κ3) is 2.32. The van der Waals surface area contributed by atoms with Crippen LogP contribution in [0.1, 0.15) is 10.5 Å². The molecule has 0 radical (unpaired) electrons. The topological polar surface area (TPSA) is 50.2 Å². The molecule has 1 heterocycles. The van der Waals surface area contributed by atoms with Gasteiger partial charge >= 0.3 is 29.0 Å². The predicted molar refractivity (Wildman–Crippen MR) is 39.7 cm³/mol. The maximum atomic E-state index is 10.1. The highest BCUT2D eigenvalue weighted by atomic mass is 24.3. The molecule has 0 spiro atoms. The van der Waals surface area contributed by atoms with Crippen molar-refractivity contribution < 1.29 is 9.90 Å². The summed E-state index contributed by atoms with van der Waals surface area (Å²) in [5.74, 6) is -0.990. The van der Waals surface area contributed by atoms with Crippen molar-refractivity contribution in [1.82, 2.24) is 4.98 Å². The number of carbonyl (C=O) groups is 1. The summed E-state index contributed by atoms with van der Waals surface area (Å²) < 4.78 is 0. The van der Waals surface area contributed by atoms with Crippen molar-refractivity contribution in [2.24, 2.45) is 0 Å². The fourth-order valence-electron chi connectivity index (χ4n) is 0.489. The summed E-state index contributed by atoms with van der Waals surface area (Å²) in [5.41, 5.74) is 0.0810. The van der Waals surface area contributed by atoms with Crippen LogP contribution in [0, 0.1) is 0 Å². The SMILES string of the molecule is O=C(O)c1ccccn1.[MgH2]. The van der Waals surface area contributed by atoms with Crippen LogP contribution >= 0.6 is 0 Å². The smallest absolute Gasteiger partial charge is 0.354 e. The van der Waals surface area contributed by atoms with Gasteiger partial charge in [-0.1, -0.05) is 6.07 Å². The van der Waals surface area contributed by atoms with Crippen LogP contribution in [0.5, 0.6) is 0 Å². The molecule has 0 unspecified atom stereocenters. The normalized spacial score (nSPS) is 8.00. The van der Waals surface area contributed by atoms with Gasteiger partial charge in [0.2, 0.25) is 0 Å². The zero-order valence-corrected chi connectivity index (χ0v) is 4.61. The molecule has 0 aliphatic carbocycles. The highest BCUT2D eigenvalue weighted by Crippen LogP contribution is 1.90. The minimum atomic E-state index is -0.990. The van der Waals surface area contributed by atoms with Gasteiger partial charge in [0.25, 0.3) is 0 Å². The van der Waals surface area contributed by atoms with E-state index in [1.807, 2.05) is 0 Å². The largest absolute Gasteiger partial charge is 0.477 e. The van der Waals surface area contributed by atoms with Gasteiger partial charge in [0.1, 0.15) is 5.69 Å². The van der Waals surface area contributed by atoms with Crippen LogP contribution in [0.15, 0.2) is 24.4 Å². The van der Waals surface area contributed by atoms with Crippen LogP contribution < -0.4 is 0 Å². The summed E-state index contributed by atoms with van der Waals surface area (Å²) in [4.78, 5) is 13.7. The molecule has 0 fully saturated rings. The second-order valence-corrected chi connectivity index (χ2v) is 1.52. The lowest BCUT2D eigenvalue weighted by Gasteiger charge is -1.87. The molecule has 50 valence electrons. The molecule has 0 saturated heterocycles.